The molecule has 0 unspecified atom stereocenters. The lowest BCUT2D eigenvalue weighted by molar-refractivity contribution is 0.0999. The molecule has 0 heterocycles. The number of ether oxygens (including phenoxy) is 1. The summed E-state index contributed by atoms with van der Waals surface area (Å²) < 4.78 is 32.4. The Bertz CT molecular complexity index is 656. The molecule has 0 atom stereocenters. The third kappa shape index (κ3) is 3.12. The van der Waals surface area contributed by atoms with Gasteiger partial charge < -0.3 is 10.5 Å². The number of amides is 1. The van der Waals surface area contributed by atoms with Gasteiger partial charge in [-0.3, -0.25) is 4.79 Å². The topological polar surface area (TPSA) is 52.3 Å². The Morgan fingerprint density at radius 2 is 1.90 bits per heavy atom. The second-order valence-corrected chi connectivity index (χ2v) is 4.39. The van der Waals surface area contributed by atoms with Crippen LogP contribution in [0.2, 0.25) is 0 Å². The fourth-order valence-corrected chi connectivity index (χ4v) is 1.69. The summed E-state index contributed by atoms with van der Waals surface area (Å²) in [5.41, 5.74) is 6.18. The molecule has 0 spiro atoms. The lowest BCUT2D eigenvalue weighted by atomic mass is 10.1. The van der Waals surface area contributed by atoms with Gasteiger partial charge in [-0.1, -0.05) is 12.1 Å². The predicted molar refractivity (Wildman–Crippen MR) is 70.4 cm³/mol. The number of benzene rings is 2. The number of carbonyl (C=O) groups excluding carboxylic acids is 1. The maximum Gasteiger partial charge on any atom is 0.248 e. The quantitative estimate of drug-likeness (QED) is 0.934. The lowest BCUT2D eigenvalue weighted by Crippen LogP contribution is -2.12. The molecule has 2 rings (SSSR count). The summed E-state index contributed by atoms with van der Waals surface area (Å²) in [7, 11) is 0. The summed E-state index contributed by atoms with van der Waals surface area (Å²) >= 11 is 0. The molecule has 5 heteroatoms. The number of hydrogen-bond donors (Lipinski definition) is 1. The first kappa shape index (κ1) is 14.0. The van der Waals surface area contributed by atoms with Crippen LogP contribution in [0.1, 0.15) is 21.5 Å². The number of aryl methyl sites for hydroxylation is 1. The van der Waals surface area contributed by atoms with Crippen molar-refractivity contribution in [2.24, 2.45) is 5.73 Å². The summed E-state index contributed by atoms with van der Waals surface area (Å²) in [6.07, 6.45) is 0. The SMILES string of the molecule is Cc1ccc(F)c(OCc2ccc(C(N)=O)cc2F)c1. The van der Waals surface area contributed by atoms with Gasteiger partial charge in [-0.05, 0) is 36.8 Å². The van der Waals surface area contributed by atoms with Crippen molar-refractivity contribution in [1.29, 1.82) is 0 Å². The van der Waals surface area contributed by atoms with E-state index in [0.717, 1.165) is 11.6 Å². The van der Waals surface area contributed by atoms with Crippen LogP contribution in [0.4, 0.5) is 8.78 Å². The average molecular weight is 277 g/mol. The largest absolute Gasteiger partial charge is 0.486 e. The zero-order valence-electron chi connectivity index (χ0n) is 10.8. The van der Waals surface area contributed by atoms with Crippen LogP contribution in [0.15, 0.2) is 36.4 Å². The summed E-state index contributed by atoms with van der Waals surface area (Å²) in [5, 5.41) is 0. The van der Waals surface area contributed by atoms with E-state index in [2.05, 4.69) is 0 Å². The molecule has 2 N–H and O–H groups in total. The summed E-state index contributed by atoms with van der Waals surface area (Å²) in [5.74, 6) is -1.77. The van der Waals surface area contributed by atoms with Crippen LogP contribution in [0.3, 0.4) is 0 Å². The number of primary amides is 1. The van der Waals surface area contributed by atoms with Gasteiger partial charge in [0.05, 0.1) is 0 Å². The van der Waals surface area contributed by atoms with Crippen LogP contribution in [0, 0.1) is 18.6 Å². The maximum atomic E-state index is 13.7. The fraction of sp³-hybridized carbons (Fsp3) is 0.133. The van der Waals surface area contributed by atoms with Crippen molar-refractivity contribution < 1.29 is 18.3 Å². The number of rotatable bonds is 4. The van der Waals surface area contributed by atoms with E-state index in [-0.39, 0.29) is 23.5 Å². The van der Waals surface area contributed by atoms with E-state index in [1.54, 1.807) is 13.0 Å². The van der Waals surface area contributed by atoms with Gasteiger partial charge in [0, 0.05) is 11.1 Å². The Morgan fingerprint density at radius 1 is 1.15 bits per heavy atom. The molecule has 0 aromatic heterocycles. The number of carbonyl (C=O) groups is 1. The van der Waals surface area contributed by atoms with Crippen molar-refractivity contribution in [3.05, 3.63) is 64.7 Å². The van der Waals surface area contributed by atoms with E-state index in [0.29, 0.717) is 0 Å². The maximum absolute atomic E-state index is 13.7. The van der Waals surface area contributed by atoms with E-state index in [9.17, 15) is 13.6 Å². The van der Waals surface area contributed by atoms with Gasteiger partial charge in [-0.25, -0.2) is 8.78 Å². The molecule has 0 aliphatic rings. The van der Waals surface area contributed by atoms with Gasteiger partial charge in [0.15, 0.2) is 11.6 Å². The number of hydrogen-bond acceptors (Lipinski definition) is 2. The van der Waals surface area contributed by atoms with Crippen molar-refractivity contribution in [1.82, 2.24) is 0 Å². The Kier molecular flexibility index (Phi) is 3.98. The minimum atomic E-state index is -0.707. The molecule has 0 aliphatic carbocycles. The van der Waals surface area contributed by atoms with E-state index in [1.165, 1.54) is 24.3 Å². The Morgan fingerprint density at radius 3 is 2.55 bits per heavy atom. The third-order valence-corrected chi connectivity index (χ3v) is 2.81. The first-order valence-electron chi connectivity index (χ1n) is 5.94. The predicted octanol–water partition coefficient (Wildman–Crippen LogP) is 2.95. The van der Waals surface area contributed by atoms with Crippen LogP contribution in [0.25, 0.3) is 0 Å². The molecule has 104 valence electrons. The molecule has 0 radical (unpaired) electrons. The lowest BCUT2D eigenvalue weighted by Gasteiger charge is -2.09. The van der Waals surface area contributed by atoms with Gasteiger partial charge in [0.1, 0.15) is 12.4 Å². The highest BCUT2D eigenvalue weighted by Crippen LogP contribution is 2.20. The van der Waals surface area contributed by atoms with Crippen molar-refractivity contribution >= 4 is 5.91 Å². The zero-order chi connectivity index (χ0) is 14.7. The summed E-state index contributed by atoms with van der Waals surface area (Å²) in [4.78, 5) is 10.9. The molecule has 3 nitrogen and oxygen atoms in total. The first-order valence-corrected chi connectivity index (χ1v) is 5.94. The van der Waals surface area contributed by atoms with Crippen molar-refractivity contribution in [3.63, 3.8) is 0 Å². The highest BCUT2D eigenvalue weighted by molar-refractivity contribution is 5.92. The minimum Gasteiger partial charge on any atom is -0.486 e. The first-order chi connectivity index (χ1) is 9.47. The normalized spacial score (nSPS) is 10.3. The summed E-state index contributed by atoms with van der Waals surface area (Å²) in [6.45, 7) is 1.67. The van der Waals surface area contributed by atoms with Crippen LogP contribution >= 0.6 is 0 Å². The number of halogens is 2. The van der Waals surface area contributed by atoms with Gasteiger partial charge in [0.2, 0.25) is 5.91 Å². The highest BCUT2D eigenvalue weighted by Gasteiger charge is 2.09. The molecule has 2 aromatic rings. The minimum absolute atomic E-state index is 0.0587. The molecular formula is C15H13F2NO2. The van der Waals surface area contributed by atoms with Gasteiger partial charge >= 0.3 is 0 Å². The molecule has 0 saturated carbocycles. The van der Waals surface area contributed by atoms with Gasteiger partial charge in [0.25, 0.3) is 0 Å². The van der Waals surface area contributed by atoms with Crippen LogP contribution in [-0.2, 0) is 6.61 Å². The van der Waals surface area contributed by atoms with E-state index in [1.807, 2.05) is 0 Å². The average Bonchev–Trinajstić information content (AvgIpc) is 2.40. The third-order valence-electron chi connectivity index (χ3n) is 2.81. The molecule has 0 bridgehead atoms. The monoisotopic (exact) mass is 277 g/mol. The Labute approximate surface area is 115 Å². The second-order valence-electron chi connectivity index (χ2n) is 4.39. The molecule has 20 heavy (non-hydrogen) atoms. The molecule has 1 amide bonds. The van der Waals surface area contributed by atoms with Crippen LogP contribution in [0.5, 0.6) is 5.75 Å². The number of nitrogens with two attached hydrogens (primary N) is 1. The van der Waals surface area contributed by atoms with E-state index in [4.69, 9.17) is 10.5 Å². The molecule has 0 fully saturated rings. The molecular weight excluding hydrogens is 264 g/mol. The van der Waals surface area contributed by atoms with Crippen molar-refractivity contribution in [2.75, 3.05) is 0 Å². The van der Waals surface area contributed by atoms with E-state index < -0.39 is 17.5 Å². The van der Waals surface area contributed by atoms with Crippen molar-refractivity contribution in [2.45, 2.75) is 13.5 Å². The van der Waals surface area contributed by atoms with Gasteiger partial charge in [-0.2, -0.15) is 0 Å². The van der Waals surface area contributed by atoms with Gasteiger partial charge in [-0.15, -0.1) is 0 Å². The molecule has 0 aliphatic heterocycles. The van der Waals surface area contributed by atoms with Crippen LogP contribution < -0.4 is 10.5 Å². The Balaban J connectivity index is 2.15. The van der Waals surface area contributed by atoms with Crippen molar-refractivity contribution in [3.8, 4) is 5.75 Å². The Hall–Kier alpha value is -2.43. The highest BCUT2D eigenvalue weighted by atomic mass is 19.1. The standard InChI is InChI=1S/C15H13F2NO2/c1-9-2-5-12(16)14(6-9)20-8-11-4-3-10(15(18)19)7-13(11)17/h2-7H,8H2,1H3,(H2,18,19). The van der Waals surface area contributed by atoms with Crippen LogP contribution in [-0.4, -0.2) is 5.91 Å². The fourth-order valence-electron chi connectivity index (χ4n) is 1.69. The molecule has 0 saturated heterocycles. The second kappa shape index (κ2) is 5.69. The zero-order valence-corrected chi connectivity index (χ0v) is 10.8. The smallest absolute Gasteiger partial charge is 0.248 e. The van der Waals surface area contributed by atoms with E-state index >= 15 is 0 Å². The molecule has 2 aromatic carbocycles. The summed E-state index contributed by atoms with van der Waals surface area (Å²) in [6, 6.07) is 8.26.